The maximum Gasteiger partial charge on any atom is 0.501 e. The Kier molecular flexibility index (Phi) is 15.1. The third-order valence-corrected chi connectivity index (χ3v) is 13.4. The summed E-state index contributed by atoms with van der Waals surface area (Å²) in [6.45, 7) is 9.17. The fourth-order valence-electron chi connectivity index (χ4n) is 4.27. The van der Waals surface area contributed by atoms with E-state index in [1.54, 1.807) is 71.9 Å². The lowest BCUT2D eigenvalue weighted by Gasteiger charge is -2.30. The molecule has 0 saturated carbocycles. The largest absolute Gasteiger partial charge is 0.501 e. The summed E-state index contributed by atoms with van der Waals surface area (Å²) < 4.78 is 148. The summed E-state index contributed by atoms with van der Waals surface area (Å²) in [5.41, 5.74) is -7.98. The molecule has 1 unspecified atom stereocenters. The van der Waals surface area contributed by atoms with Crippen molar-refractivity contribution in [3.05, 3.63) is 48.5 Å². The van der Waals surface area contributed by atoms with E-state index in [4.69, 9.17) is 32.3 Å². The van der Waals surface area contributed by atoms with Crippen LogP contribution in [0.15, 0.2) is 63.2 Å². The van der Waals surface area contributed by atoms with Gasteiger partial charge < -0.3 is 5.32 Å². The van der Waals surface area contributed by atoms with Crippen molar-refractivity contribution in [3.63, 3.8) is 0 Å². The highest BCUT2D eigenvalue weighted by atomic mass is 32.2. The average molecular weight is 842 g/mol. The smallest absolute Gasteiger partial charge is 0.380 e. The van der Waals surface area contributed by atoms with E-state index < -0.39 is 80.0 Å². The Labute approximate surface area is 306 Å². The second-order valence-electron chi connectivity index (χ2n) is 13.2. The van der Waals surface area contributed by atoms with Gasteiger partial charge in [-0.15, -0.1) is 11.8 Å². The number of sulfonamides is 1. The number of benzene rings is 2. The van der Waals surface area contributed by atoms with Crippen LogP contribution >= 0.6 is 27.4 Å². The van der Waals surface area contributed by atoms with E-state index in [0.717, 1.165) is 17.0 Å². The molecule has 2 aromatic carbocycles. The van der Waals surface area contributed by atoms with Crippen LogP contribution in [0.4, 0.5) is 18.9 Å². The van der Waals surface area contributed by atoms with Crippen LogP contribution in [0.1, 0.15) is 48.0 Å². The monoisotopic (exact) mass is 841 g/mol. The third-order valence-electron chi connectivity index (χ3n) is 6.29. The maximum absolute atomic E-state index is 13.6. The van der Waals surface area contributed by atoms with Gasteiger partial charge in [0.15, 0.2) is 0 Å². The average Bonchev–Trinajstić information content (AvgIpc) is 3.36. The van der Waals surface area contributed by atoms with Crippen LogP contribution in [-0.4, -0.2) is 77.9 Å². The Bertz CT molecular complexity index is 1810. The molecule has 296 valence electrons. The Morgan fingerprint density at radius 1 is 1.00 bits per heavy atom. The van der Waals surface area contributed by atoms with Crippen molar-refractivity contribution in [2.45, 2.75) is 91.6 Å². The molecule has 1 heterocycles. The molecule has 2 aromatic rings. The normalized spacial score (nSPS) is 19.8. The number of anilines is 1. The lowest BCUT2D eigenvalue weighted by atomic mass is 10.2. The van der Waals surface area contributed by atoms with E-state index in [9.17, 15) is 39.1 Å². The molecule has 0 aliphatic carbocycles. The van der Waals surface area contributed by atoms with Crippen LogP contribution in [0.5, 0.6) is 0 Å². The summed E-state index contributed by atoms with van der Waals surface area (Å²) in [5.74, 6) is 0.222. The van der Waals surface area contributed by atoms with Crippen LogP contribution in [0.3, 0.4) is 0 Å². The van der Waals surface area contributed by atoms with Crippen molar-refractivity contribution in [2.24, 2.45) is 5.14 Å². The first-order chi connectivity index (χ1) is 23.7. The highest BCUT2D eigenvalue weighted by Crippen LogP contribution is 2.57. The minimum atomic E-state index is -6.01. The summed E-state index contributed by atoms with van der Waals surface area (Å²) in [4.78, 5) is -1.31. The molecular weight excluding hydrogens is 797 g/mol. The summed E-state index contributed by atoms with van der Waals surface area (Å²) in [5, 5.41) is 10.8. The zero-order chi connectivity index (χ0) is 39.2. The molecule has 3 rings (SSSR count). The van der Waals surface area contributed by atoms with Gasteiger partial charge in [-0.25, -0.2) is 31.1 Å². The molecule has 0 spiro atoms. The first kappa shape index (κ1) is 44.8. The first-order valence-corrected chi connectivity index (χ1v) is 22.5. The Balaban J connectivity index is 1.67. The Hall–Kier alpha value is -1.58. The van der Waals surface area contributed by atoms with Gasteiger partial charge in [-0.2, -0.15) is 13.2 Å². The van der Waals surface area contributed by atoms with Gasteiger partial charge in [0.2, 0.25) is 10.0 Å². The van der Waals surface area contributed by atoms with Crippen molar-refractivity contribution in [2.75, 3.05) is 37.4 Å². The van der Waals surface area contributed by atoms with E-state index >= 15 is 0 Å². The maximum atomic E-state index is 13.6. The van der Waals surface area contributed by atoms with Crippen molar-refractivity contribution in [1.29, 1.82) is 0 Å². The molecule has 1 saturated heterocycles. The first-order valence-electron chi connectivity index (χ1n) is 15.6. The molecule has 15 nitrogen and oxygen atoms in total. The topological polar surface area (TPSA) is 208 Å². The van der Waals surface area contributed by atoms with Gasteiger partial charge in [0, 0.05) is 16.7 Å². The lowest BCUT2D eigenvalue weighted by molar-refractivity contribution is -0.0436. The molecule has 4 N–H and O–H groups in total. The molecule has 0 radical (unpaired) electrons. The fraction of sp³-hybridized carbons (Fsp3) is 0.586. The van der Waals surface area contributed by atoms with Gasteiger partial charge in [-0.3, -0.25) is 32.5 Å². The minimum Gasteiger partial charge on any atom is -0.380 e. The molecule has 1 aliphatic rings. The number of halogens is 3. The van der Waals surface area contributed by atoms with Gasteiger partial charge in [0.25, 0.3) is 9.84 Å². The van der Waals surface area contributed by atoms with Gasteiger partial charge in [-0.1, -0.05) is 18.2 Å². The fourth-order valence-corrected chi connectivity index (χ4v) is 9.87. The van der Waals surface area contributed by atoms with Crippen molar-refractivity contribution in [3.8, 4) is 0 Å². The Morgan fingerprint density at radius 3 is 2.17 bits per heavy atom. The minimum absolute atomic E-state index is 0.0955. The second kappa shape index (κ2) is 17.5. The van der Waals surface area contributed by atoms with Crippen LogP contribution < -0.4 is 15.8 Å². The van der Waals surface area contributed by atoms with Crippen molar-refractivity contribution < 1.29 is 66.3 Å². The molecule has 1 fully saturated rings. The van der Waals surface area contributed by atoms with Gasteiger partial charge in [0.1, 0.15) is 11.1 Å². The number of hydrogen-bond donors (Lipinski definition) is 3. The summed E-state index contributed by atoms with van der Waals surface area (Å²) >= 11 is 1.33. The quantitative estimate of drug-likeness (QED) is 0.0839. The van der Waals surface area contributed by atoms with Gasteiger partial charge in [-0.05, 0) is 84.8 Å². The predicted molar refractivity (Wildman–Crippen MR) is 188 cm³/mol. The molecule has 0 aromatic heterocycles. The van der Waals surface area contributed by atoms with Gasteiger partial charge >= 0.3 is 21.2 Å². The van der Waals surface area contributed by atoms with E-state index in [1.165, 1.54) is 11.8 Å². The number of phosphoric acid groups is 2. The van der Waals surface area contributed by atoms with Crippen LogP contribution in [-0.2, 0) is 56.1 Å². The van der Waals surface area contributed by atoms with Gasteiger partial charge in [0.05, 0.1) is 41.6 Å². The molecule has 3 atom stereocenters. The van der Waals surface area contributed by atoms with E-state index in [1.807, 2.05) is 0 Å². The SMILES string of the molecule is CC(C)(C)OP(=O)(OCCOP1(=O)OC[C@H](NCC[C@H](CSc2ccccc2)Nc2ccc(S(N)(=O)=O)cc2S(=O)(=O)C(F)(F)F)O1)OC(C)(C)C. The zero-order valence-electron chi connectivity index (χ0n) is 29.2. The third kappa shape index (κ3) is 14.2. The van der Waals surface area contributed by atoms with Crippen LogP contribution in [0, 0.1) is 0 Å². The van der Waals surface area contributed by atoms with Crippen molar-refractivity contribution >= 4 is 53.0 Å². The van der Waals surface area contributed by atoms with E-state index in [0.29, 0.717) is 6.07 Å². The highest BCUT2D eigenvalue weighted by molar-refractivity contribution is 7.99. The Morgan fingerprint density at radius 2 is 1.62 bits per heavy atom. The lowest BCUT2D eigenvalue weighted by Crippen LogP contribution is -2.35. The number of thioether (sulfide) groups is 1. The number of nitrogens with two attached hydrogens (primary N) is 1. The number of sulfone groups is 1. The van der Waals surface area contributed by atoms with E-state index in [-0.39, 0.29) is 38.5 Å². The van der Waals surface area contributed by atoms with E-state index in [2.05, 4.69) is 10.6 Å². The van der Waals surface area contributed by atoms with Crippen LogP contribution in [0.2, 0.25) is 0 Å². The molecule has 23 heteroatoms. The number of hydrogen-bond acceptors (Lipinski definition) is 15. The second-order valence-corrected chi connectivity index (χ2v) is 20.9. The number of phosphoric ester groups is 2. The highest BCUT2D eigenvalue weighted by Gasteiger charge is 2.48. The molecule has 0 amide bonds. The number of rotatable bonds is 18. The molecule has 0 bridgehead atoms. The molecular formula is C29H44F3N3O12P2S3. The predicted octanol–water partition coefficient (Wildman–Crippen LogP) is 6.43. The number of primary sulfonamides is 1. The number of alkyl halides is 3. The zero-order valence-corrected chi connectivity index (χ0v) is 33.5. The van der Waals surface area contributed by atoms with Crippen LogP contribution in [0.25, 0.3) is 0 Å². The molecule has 1 aliphatic heterocycles. The summed E-state index contributed by atoms with van der Waals surface area (Å²) in [7, 11) is -18.7. The number of nitrogens with one attached hydrogen (secondary N) is 2. The summed E-state index contributed by atoms with van der Waals surface area (Å²) in [6.07, 6.45) is -0.790. The van der Waals surface area contributed by atoms with Crippen molar-refractivity contribution in [1.82, 2.24) is 5.32 Å². The summed E-state index contributed by atoms with van der Waals surface area (Å²) in [6, 6.07) is 10.4. The molecule has 52 heavy (non-hydrogen) atoms. The standard InChI is InChI=1S/C29H44F3N3O12P2S3/c1-27(2,3)46-49(37,47-28(4,5)6)43-17-16-42-48(36)44-19-26(45-48)34-15-14-21(20-50-22-10-8-7-9-11-22)35-24-13-12-23(52(33,40)41)18-25(24)51(38,39)29(30,31)32/h7-13,18,21,26,34-35H,14-17,19-20H2,1-6H3,(H2,33,40,41)/t21-,26-,48?/m1/s1.